The Labute approximate surface area is 188 Å². The number of anilines is 1. The van der Waals surface area contributed by atoms with E-state index in [0.29, 0.717) is 6.42 Å². The van der Waals surface area contributed by atoms with Crippen LogP contribution in [0, 0.1) is 5.92 Å². The number of nitrogens with one attached hydrogen (secondary N) is 1. The highest BCUT2D eigenvalue weighted by molar-refractivity contribution is 5.96. The third-order valence-electron chi connectivity index (χ3n) is 7.53. The zero-order chi connectivity index (χ0) is 21.5. The number of benzene rings is 1. The molecule has 3 fully saturated rings. The average Bonchev–Trinajstić information content (AvgIpc) is 3.37. The minimum absolute atomic E-state index is 0.248. The van der Waals surface area contributed by atoms with Crippen LogP contribution in [-0.4, -0.2) is 55.7 Å². The van der Waals surface area contributed by atoms with E-state index in [1.54, 1.807) is 0 Å². The van der Waals surface area contributed by atoms with E-state index < -0.39 is 0 Å². The fourth-order valence-corrected chi connectivity index (χ4v) is 5.62. The van der Waals surface area contributed by atoms with Gasteiger partial charge in [0.05, 0.1) is 6.61 Å². The van der Waals surface area contributed by atoms with Gasteiger partial charge in [0.2, 0.25) is 5.91 Å². The van der Waals surface area contributed by atoms with Gasteiger partial charge in [-0.05, 0) is 88.7 Å². The Balaban J connectivity index is 1.22. The third kappa shape index (κ3) is 6.23. The van der Waals surface area contributed by atoms with E-state index in [4.69, 9.17) is 4.74 Å². The van der Waals surface area contributed by atoms with Crippen LogP contribution < -0.4 is 15.0 Å². The number of amides is 1. The molecule has 1 amide bonds. The second-order valence-electron chi connectivity index (χ2n) is 9.84. The van der Waals surface area contributed by atoms with Crippen molar-refractivity contribution in [3.8, 4) is 5.75 Å². The molecule has 2 heterocycles. The molecule has 1 aromatic rings. The van der Waals surface area contributed by atoms with Gasteiger partial charge in [-0.2, -0.15) is 0 Å². The molecule has 1 aliphatic carbocycles. The highest BCUT2D eigenvalue weighted by Gasteiger charge is 2.32. The van der Waals surface area contributed by atoms with Gasteiger partial charge in [-0.15, -0.1) is 0 Å². The van der Waals surface area contributed by atoms with E-state index in [9.17, 15) is 4.79 Å². The van der Waals surface area contributed by atoms with Gasteiger partial charge in [-0.1, -0.05) is 19.3 Å². The zero-order valence-corrected chi connectivity index (χ0v) is 19.4. The maximum Gasteiger partial charge on any atom is 0.227 e. The first-order valence-corrected chi connectivity index (χ1v) is 12.7. The minimum atomic E-state index is 0.248. The van der Waals surface area contributed by atoms with Crippen molar-refractivity contribution >= 4 is 11.6 Å². The summed E-state index contributed by atoms with van der Waals surface area (Å²) in [6.07, 6.45) is 12.2. The molecule has 1 N–H and O–H groups in total. The molecule has 3 aliphatic rings. The molecule has 1 saturated carbocycles. The minimum Gasteiger partial charge on any atom is -0.494 e. The number of carbonyl (C=O) groups is 1. The normalized spacial score (nSPS) is 25.5. The molecule has 2 atom stereocenters. The molecule has 31 heavy (non-hydrogen) atoms. The van der Waals surface area contributed by atoms with Crippen LogP contribution in [0.4, 0.5) is 5.69 Å². The topological polar surface area (TPSA) is 44.8 Å². The highest BCUT2D eigenvalue weighted by atomic mass is 16.5. The lowest BCUT2D eigenvalue weighted by molar-refractivity contribution is -0.117. The lowest BCUT2D eigenvalue weighted by Gasteiger charge is -2.27. The summed E-state index contributed by atoms with van der Waals surface area (Å²) < 4.78 is 5.96. The molecule has 1 unspecified atom stereocenters. The summed E-state index contributed by atoms with van der Waals surface area (Å²) in [5.41, 5.74) is 1.00. The van der Waals surface area contributed by atoms with E-state index in [0.717, 1.165) is 62.5 Å². The maximum absolute atomic E-state index is 12.6. The molecule has 0 spiro atoms. The van der Waals surface area contributed by atoms with Gasteiger partial charge in [0.1, 0.15) is 5.75 Å². The lowest BCUT2D eigenvalue weighted by Crippen LogP contribution is -2.41. The van der Waals surface area contributed by atoms with Gasteiger partial charge in [-0.25, -0.2) is 0 Å². The Morgan fingerprint density at radius 1 is 1.00 bits per heavy atom. The van der Waals surface area contributed by atoms with Gasteiger partial charge in [0.15, 0.2) is 0 Å². The number of carbonyl (C=O) groups excluding carboxylic acids is 1. The van der Waals surface area contributed by atoms with E-state index in [1.165, 1.54) is 51.5 Å². The predicted molar refractivity (Wildman–Crippen MR) is 127 cm³/mol. The second-order valence-corrected chi connectivity index (χ2v) is 9.84. The fraction of sp³-hybridized carbons (Fsp3) is 0.731. The monoisotopic (exact) mass is 427 g/mol. The van der Waals surface area contributed by atoms with Crippen molar-refractivity contribution in [1.82, 2.24) is 10.2 Å². The molecule has 5 nitrogen and oxygen atoms in total. The summed E-state index contributed by atoms with van der Waals surface area (Å²) in [7, 11) is 0. The average molecular weight is 428 g/mol. The summed E-state index contributed by atoms with van der Waals surface area (Å²) in [5.74, 6) is 1.97. The van der Waals surface area contributed by atoms with Crippen molar-refractivity contribution in [3.63, 3.8) is 0 Å². The first-order valence-electron chi connectivity index (χ1n) is 12.7. The van der Waals surface area contributed by atoms with Crippen LogP contribution in [0.2, 0.25) is 0 Å². The number of ether oxygens (including phenoxy) is 1. The number of hydrogen-bond acceptors (Lipinski definition) is 4. The van der Waals surface area contributed by atoms with E-state index in [2.05, 4.69) is 29.3 Å². The molecule has 2 saturated heterocycles. The van der Waals surface area contributed by atoms with Crippen LogP contribution >= 0.6 is 0 Å². The first-order chi connectivity index (χ1) is 15.2. The molecule has 0 bridgehead atoms. The van der Waals surface area contributed by atoms with Crippen molar-refractivity contribution < 1.29 is 9.53 Å². The molecule has 1 aromatic carbocycles. The smallest absolute Gasteiger partial charge is 0.227 e. The van der Waals surface area contributed by atoms with Crippen molar-refractivity contribution in [3.05, 3.63) is 24.3 Å². The second kappa shape index (κ2) is 11.3. The molecule has 172 valence electrons. The largest absolute Gasteiger partial charge is 0.494 e. The molecular formula is C26H41N3O2. The lowest BCUT2D eigenvalue weighted by atomic mass is 9.89. The van der Waals surface area contributed by atoms with Gasteiger partial charge in [0.25, 0.3) is 0 Å². The third-order valence-corrected chi connectivity index (χ3v) is 7.53. The molecule has 2 aliphatic heterocycles. The van der Waals surface area contributed by atoms with Crippen molar-refractivity contribution in [1.29, 1.82) is 0 Å². The molecular weight excluding hydrogens is 386 g/mol. The predicted octanol–water partition coefficient (Wildman–Crippen LogP) is 4.61. The fourth-order valence-electron chi connectivity index (χ4n) is 5.62. The molecule has 4 rings (SSSR count). The van der Waals surface area contributed by atoms with Crippen molar-refractivity contribution in [2.75, 3.05) is 37.7 Å². The molecule has 0 aromatic heterocycles. The SMILES string of the molecule is CC1CCCN1CCCOc1ccc(N2C(=O)CC[C@H]2CNCC2CCCCC2)cc1. The van der Waals surface area contributed by atoms with Gasteiger partial charge < -0.3 is 19.9 Å². The van der Waals surface area contributed by atoms with E-state index >= 15 is 0 Å². The Hall–Kier alpha value is -1.59. The van der Waals surface area contributed by atoms with Gasteiger partial charge in [0, 0.05) is 37.3 Å². The standard InChI is InChI=1S/C26H41N3O2/c1-21-7-5-16-28(21)17-6-18-31-25-13-10-23(11-14-25)29-24(12-15-26(29)30)20-27-19-22-8-3-2-4-9-22/h10-11,13-14,21-22,24,27H,2-9,12,15-20H2,1H3/t21?,24-/m0/s1. The quantitative estimate of drug-likeness (QED) is 0.554. The van der Waals surface area contributed by atoms with Crippen LogP contribution in [-0.2, 0) is 4.79 Å². The number of nitrogens with zero attached hydrogens (tertiary/aromatic N) is 2. The van der Waals surface area contributed by atoms with Gasteiger partial charge >= 0.3 is 0 Å². The molecule has 5 heteroatoms. The van der Waals surface area contributed by atoms with Gasteiger partial charge in [-0.3, -0.25) is 4.79 Å². The van der Waals surface area contributed by atoms with Crippen molar-refractivity contribution in [2.24, 2.45) is 5.92 Å². The first kappa shape index (κ1) is 22.6. The summed E-state index contributed by atoms with van der Waals surface area (Å²) in [6.45, 7) is 7.42. The summed E-state index contributed by atoms with van der Waals surface area (Å²) in [4.78, 5) is 17.1. The van der Waals surface area contributed by atoms with Crippen LogP contribution in [0.25, 0.3) is 0 Å². The highest BCUT2D eigenvalue weighted by Crippen LogP contribution is 2.29. The van der Waals surface area contributed by atoms with Crippen LogP contribution in [0.5, 0.6) is 5.75 Å². The van der Waals surface area contributed by atoms with Crippen LogP contribution in [0.15, 0.2) is 24.3 Å². The molecule has 0 radical (unpaired) electrons. The Morgan fingerprint density at radius 2 is 1.81 bits per heavy atom. The van der Waals surface area contributed by atoms with Crippen molar-refractivity contribution in [2.45, 2.75) is 83.2 Å². The van der Waals surface area contributed by atoms with E-state index in [-0.39, 0.29) is 11.9 Å². The number of hydrogen-bond donors (Lipinski definition) is 1. The Bertz CT molecular complexity index is 686. The number of likely N-dealkylation sites (tertiary alicyclic amines) is 1. The Kier molecular flexibility index (Phi) is 8.26. The van der Waals surface area contributed by atoms with Crippen LogP contribution in [0.1, 0.15) is 71.1 Å². The zero-order valence-electron chi connectivity index (χ0n) is 19.4. The van der Waals surface area contributed by atoms with Crippen LogP contribution in [0.3, 0.4) is 0 Å². The summed E-state index contributed by atoms with van der Waals surface area (Å²) >= 11 is 0. The maximum atomic E-state index is 12.6. The Morgan fingerprint density at radius 3 is 2.55 bits per heavy atom. The summed E-state index contributed by atoms with van der Waals surface area (Å²) in [5, 5.41) is 3.67. The summed E-state index contributed by atoms with van der Waals surface area (Å²) in [6, 6.07) is 9.13. The van der Waals surface area contributed by atoms with E-state index in [1.807, 2.05) is 17.0 Å². The number of rotatable bonds is 10.